The van der Waals surface area contributed by atoms with Crippen molar-refractivity contribution in [2.75, 3.05) is 5.32 Å². The minimum Gasteiger partial charge on any atom is -0.334 e. The Balaban J connectivity index is 1.66. The van der Waals surface area contributed by atoms with Gasteiger partial charge in [0.1, 0.15) is 0 Å². The molecule has 2 N–H and O–H groups in total. The van der Waals surface area contributed by atoms with Gasteiger partial charge in [0.25, 0.3) is 0 Å². The number of benzene rings is 1. The molecule has 0 spiro atoms. The molecule has 0 radical (unpaired) electrons. The first-order valence-electron chi connectivity index (χ1n) is 7.97. The molecule has 3 rings (SSSR count). The molecule has 6 nitrogen and oxygen atoms in total. The van der Waals surface area contributed by atoms with Gasteiger partial charge in [-0.1, -0.05) is 24.3 Å². The fraction of sp³-hybridized carbons (Fsp3) is 0.278. The highest BCUT2D eigenvalue weighted by Gasteiger charge is 2.09. The van der Waals surface area contributed by atoms with Gasteiger partial charge in [-0.25, -0.2) is 14.5 Å². The first-order valence-corrected chi connectivity index (χ1v) is 7.97. The monoisotopic (exact) mass is 323 g/mol. The van der Waals surface area contributed by atoms with Crippen LogP contribution in [0.4, 0.5) is 10.5 Å². The van der Waals surface area contributed by atoms with Crippen molar-refractivity contribution < 1.29 is 4.79 Å². The van der Waals surface area contributed by atoms with Crippen molar-refractivity contribution >= 4 is 22.8 Å². The van der Waals surface area contributed by atoms with Gasteiger partial charge in [0.2, 0.25) is 0 Å². The lowest BCUT2D eigenvalue weighted by Gasteiger charge is -2.10. The number of fused-ring (bicyclic) bond motifs is 1. The number of carbonyl (C=O) groups is 1. The SMILES string of the molecule is Cc1ccccc1CNC(=O)Nc1cnc2c(cnn2C(C)C)c1. The maximum Gasteiger partial charge on any atom is 0.319 e. The first-order chi connectivity index (χ1) is 11.5. The zero-order valence-corrected chi connectivity index (χ0v) is 14.1. The number of hydrogen-bond donors (Lipinski definition) is 2. The van der Waals surface area contributed by atoms with Gasteiger partial charge in [-0.05, 0) is 38.0 Å². The van der Waals surface area contributed by atoms with Crippen molar-refractivity contribution in [1.29, 1.82) is 0 Å². The van der Waals surface area contributed by atoms with Gasteiger partial charge < -0.3 is 10.6 Å². The summed E-state index contributed by atoms with van der Waals surface area (Å²) < 4.78 is 1.86. The fourth-order valence-corrected chi connectivity index (χ4v) is 2.55. The van der Waals surface area contributed by atoms with E-state index < -0.39 is 0 Å². The second-order valence-electron chi connectivity index (χ2n) is 6.05. The van der Waals surface area contributed by atoms with Gasteiger partial charge in [-0.2, -0.15) is 5.10 Å². The molecule has 0 fully saturated rings. The lowest BCUT2D eigenvalue weighted by Crippen LogP contribution is -2.28. The smallest absolute Gasteiger partial charge is 0.319 e. The van der Waals surface area contributed by atoms with Crippen LogP contribution in [0, 0.1) is 6.92 Å². The number of amides is 2. The van der Waals surface area contributed by atoms with E-state index >= 15 is 0 Å². The summed E-state index contributed by atoms with van der Waals surface area (Å²) in [6, 6.07) is 9.84. The van der Waals surface area contributed by atoms with E-state index in [2.05, 4.69) is 34.6 Å². The topological polar surface area (TPSA) is 71.8 Å². The lowest BCUT2D eigenvalue weighted by molar-refractivity contribution is 0.251. The van der Waals surface area contributed by atoms with Crippen molar-refractivity contribution in [2.24, 2.45) is 0 Å². The number of pyridine rings is 1. The summed E-state index contributed by atoms with van der Waals surface area (Å²) in [6.45, 7) is 6.62. The lowest BCUT2D eigenvalue weighted by atomic mass is 10.1. The summed E-state index contributed by atoms with van der Waals surface area (Å²) in [5, 5.41) is 10.9. The van der Waals surface area contributed by atoms with Gasteiger partial charge in [0.05, 0.1) is 18.1 Å². The van der Waals surface area contributed by atoms with Crippen LogP contribution in [0.15, 0.2) is 42.7 Å². The molecule has 0 aliphatic heterocycles. The summed E-state index contributed by atoms with van der Waals surface area (Å²) in [5.74, 6) is 0. The molecular formula is C18H21N5O. The van der Waals surface area contributed by atoms with E-state index in [0.29, 0.717) is 12.2 Å². The van der Waals surface area contributed by atoms with Crippen LogP contribution in [0.25, 0.3) is 11.0 Å². The van der Waals surface area contributed by atoms with Crippen molar-refractivity contribution in [2.45, 2.75) is 33.4 Å². The van der Waals surface area contributed by atoms with Crippen molar-refractivity contribution in [3.8, 4) is 0 Å². The maximum absolute atomic E-state index is 12.1. The molecule has 6 heteroatoms. The van der Waals surface area contributed by atoms with Crippen molar-refractivity contribution in [3.63, 3.8) is 0 Å². The normalized spacial score (nSPS) is 11.0. The van der Waals surface area contributed by atoms with E-state index in [-0.39, 0.29) is 12.1 Å². The number of nitrogens with zero attached hydrogens (tertiary/aromatic N) is 3. The van der Waals surface area contributed by atoms with Crippen LogP contribution >= 0.6 is 0 Å². The molecule has 1 aromatic carbocycles. The maximum atomic E-state index is 12.1. The molecule has 2 heterocycles. The highest BCUT2D eigenvalue weighted by atomic mass is 16.2. The zero-order chi connectivity index (χ0) is 17.1. The number of aryl methyl sites for hydroxylation is 1. The molecule has 2 amide bonds. The molecule has 0 saturated heterocycles. The van der Waals surface area contributed by atoms with Crippen LogP contribution in [0.3, 0.4) is 0 Å². The number of rotatable bonds is 4. The summed E-state index contributed by atoms with van der Waals surface area (Å²) in [4.78, 5) is 16.5. The molecule has 0 aliphatic carbocycles. The van der Waals surface area contributed by atoms with E-state index in [1.54, 1.807) is 12.4 Å². The molecule has 0 saturated carbocycles. The Labute approximate surface area is 140 Å². The molecule has 0 atom stereocenters. The quantitative estimate of drug-likeness (QED) is 0.770. The molecule has 2 aromatic heterocycles. The van der Waals surface area contributed by atoms with Crippen molar-refractivity contribution in [1.82, 2.24) is 20.1 Å². The Kier molecular flexibility index (Phi) is 4.46. The van der Waals surface area contributed by atoms with Gasteiger partial charge in [-0.3, -0.25) is 0 Å². The largest absolute Gasteiger partial charge is 0.334 e. The Morgan fingerprint density at radius 1 is 1.25 bits per heavy atom. The third-order valence-electron chi connectivity index (χ3n) is 3.88. The summed E-state index contributed by atoms with van der Waals surface area (Å²) in [5.41, 5.74) is 3.71. The molecule has 3 aromatic rings. The summed E-state index contributed by atoms with van der Waals surface area (Å²) >= 11 is 0. The van der Waals surface area contributed by atoms with Crippen LogP contribution in [0.1, 0.15) is 31.0 Å². The van der Waals surface area contributed by atoms with E-state index in [1.165, 1.54) is 0 Å². The van der Waals surface area contributed by atoms with E-state index in [0.717, 1.165) is 22.2 Å². The molecule has 0 bridgehead atoms. The molecular weight excluding hydrogens is 302 g/mol. The first kappa shape index (κ1) is 16.0. The van der Waals surface area contributed by atoms with E-state index in [1.807, 2.05) is 41.9 Å². The van der Waals surface area contributed by atoms with Gasteiger partial charge in [-0.15, -0.1) is 0 Å². The number of carbonyl (C=O) groups excluding carboxylic acids is 1. The third kappa shape index (κ3) is 3.37. The second kappa shape index (κ2) is 6.70. The van der Waals surface area contributed by atoms with E-state index in [4.69, 9.17) is 0 Å². The molecule has 24 heavy (non-hydrogen) atoms. The molecule has 0 aliphatic rings. The average molecular weight is 323 g/mol. The van der Waals surface area contributed by atoms with E-state index in [9.17, 15) is 4.79 Å². The Bertz CT molecular complexity index is 869. The standard InChI is InChI=1S/C18H21N5O/c1-12(2)23-17-15(10-21-23)8-16(11-19-17)22-18(24)20-9-14-7-5-4-6-13(14)3/h4-8,10-12H,9H2,1-3H3,(H2,20,22,24). The number of aromatic nitrogens is 3. The van der Waals surface area contributed by atoms with Crippen LogP contribution in [0.5, 0.6) is 0 Å². The third-order valence-corrected chi connectivity index (χ3v) is 3.88. The number of hydrogen-bond acceptors (Lipinski definition) is 3. The fourth-order valence-electron chi connectivity index (χ4n) is 2.55. The van der Waals surface area contributed by atoms with Gasteiger partial charge >= 0.3 is 6.03 Å². The molecule has 0 unspecified atom stereocenters. The molecule has 124 valence electrons. The highest BCUT2D eigenvalue weighted by molar-refractivity contribution is 5.91. The summed E-state index contributed by atoms with van der Waals surface area (Å²) in [6.07, 6.45) is 3.41. The average Bonchev–Trinajstić information content (AvgIpc) is 2.97. The predicted molar refractivity (Wildman–Crippen MR) is 95.0 cm³/mol. The van der Waals surface area contributed by atoms with Crippen LogP contribution in [-0.2, 0) is 6.54 Å². The number of urea groups is 1. The minimum absolute atomic E-state index is 0.242. The Morgan fingerprint density at radius 3 is 2.79 bits per heavy atom. The van der Waals surface area contributed by atoms with Crippen LogP contribution < -0.4 is 10.6 Å². The zero-order valence-electron chi connectivity index (χ0n) is 14.1. The van der Waals surface area contributed by atoms with Gasteiger partial charge in [0.15, 0.2) is 5.65 Å². The van der Waals surface area contributed by atoms with Crippen LogP contribution in [0.2, 0.25) is 0 Å². The Morgan fingerprint density at radius 2 is 2.04 bits per heavy atom. The van der Waals surface area contributed by atoms with Crippen LogP contribution in [-0.4, -0.2) is 20.8 Å². The predicted octanol–water partition coefficient (Wildman–Crippen LogP) is 3.64. The van der Waals surface area contributed by atoms with Gasteiger partial charge in [0, 0.05) is 18.0 Å². The highest BCUT2D eigenvalue weighted by Crippen LogP contribution is 2.19. The summed E-state index contributed by atoms with van der Waals surface area (Å²) in [7, 11) is 0. The number of nitrogens with one attached hydrogen (secondary N) is 2. The second-order valence-corrected chi connectivity index (χ2v) is 6.05. The Hall–Kier alpha value is -2.89. The van der Waals surface area contributed by atoms with Crippen molar-refractivity contribution in [3.05, 3.63) is 53.9 Å². The number of anilines is 1. The minimum atomic E-state index is -0.254.